The van der Waals surface area contributed by atoms with E-state index >= 15 is 0 Å². The molecule has 5 nitrogen and oxygen atoms in total. The molecule has 0 aliphatic rings. The Morgan fingerprint density at radius 3 is 2.58 bits per heavy atom. The number of aromatic nitrogens is 2. The molecule has 0 bridgehead atoms. The first-order valence-corrected chi connectivity index (χ1v) is 7.54. The Labute approximate surface area is 140 Å². The molecule has 0 spiro atoms. The van der Waals surface area contributed by atoms with Crippen molar-refractivity contribution in [2.24, 2.45) is 0 Å². The number of terminal acetylenes is 1. The molecule has 3 aromatic rings. The van der Waals surface area contributed by atoms with Crippen LogP contribution in [0.3, 0.4) is 0 Å². The number of hydrogen-bond donors (Lipinski definition) is 2. The number of nitrogens with zero attached hydrogens (tertiary/aromatic N) is 2. The summed E-state index contributed by atoms with van der Waals surface area (Å²) in [6, 6.07) is 17.7. The van der Waals surface area contributed by atoms with Crippen LogP contribution >= 0.6 is 0 Å². The maximum atomic E-state index is 11.7. The zero-order valence-electron chi connectivity index (χ0n) is 13.0. The quantitative estimate of drug-likeness (QED) is 0.710. The zero-order valence-corrected chi connectivity index (χ0v) is 13.0. The van der Waals surface area contributed by atoms with Crippen molar-refractivity contribution >= 4 is 22.8 Å². The van der Waals surface area contributed by atoms with E-state index in [-0.39, 0.29) is 19.0 Å². The van der Waals surface area contributed by atoms with E-state index in [2.05, 4.69) is 26.5 Å². The second-order valence-electron chi connectivity index (χ2n) is 5.11. The highest BCUT2D eigenvalue weighted by atomic mass is 16.1. The fraction of sp³-hybridized carbons (Fsp3) is 0.105. The van der Waals surface area contributed by atoms with E-state index in [1.807, 2.05) is 54.6 Å². The summed E-state index contributed by atoms with van der Waals surface area (Å²) in [7, 11) is 0. The zero-order chi connectivity index (χ0) is 16.8. The third-order valence-electron chi connectivity index (χ3n) is 3.45. The molecule has 0 atom stereocenters. The number of amides is 1. The Morgan fingerprint density at radius 1 is 1.04 bits per heavy atom. The smallest absolute Gasteiger partial charge is 0.240 e. The first-order chi connectivity index (χ1) is 11.8. The standard InChI is InChI=1S/C19H16N4O/c1-2-12-20-17(24)13-21-19-22-16-11-7-6-10-15(16)18(23-19)14-8-4-3-5-9-14/h1,3-11H,12-13H2,(H,20,24)(H,21,22,23). The molecule has 0 saturated heterocycles. The van der Waals surface area contributed by atoms with Gasteiger partial charge in [-0.3, -0.25) is 4.79 Å². The Hall–Kier alpha value is -3.39. The van der Waals surface area contributed by atoms with Crippen molar-refractivity contribution in [2.45, 2.75) is 0 Å². The molecule has 24 heavy (non-hydrogen) atoms. The van der Waals surface area contributed by atoms with Gasteiger partial charge in [-0.15, -0.1) is 6.42 Å². The van der Waals surface area contributed by atoms with E-state index < -0.39 is 0 Å². The average molecular weight is 316 g/mol. The average Bonchev–Trinajstić information content (AvgIpc) is 2.64. The van der Waals surface area contributed by atoms with Crippen LogP contribution in [0.2, 0.25) is 0 Å². The Kier molecular flexibility index (Phi) is 4.68. The van der Waals surface area contributed by atoms with Crippen LogP contribution < -0.4 is 10.6 Å². The van der Waals surface area contributed by atoms with Crippen LogP contribution in [-0.2, 0) is 4.79 Å². The van der Waals surface area contributed by atoms with Crippen LogP contribution in [-0.4, -0.2) is 29.0 Å². The molecule has 1 heterocycles. The van der Waals surface area contributed by atoms with Gasteiger partial charge in [-0.25, -0.2) is 9.97 Å². The molecule has 0 aliphatic carbocycles. The summed E-state index contributed by atoms with van der Waals surface area (Å²) in [4.78, 5) is 20.7. The van der Waals surface area contributed by atoms with Gasteiger partial charge in [0.1, 0.15) is 0 Å². The van der Waals surface area contributed by atoms with Crippen molar-refractivity contribution in [2.75, 3.05) is 18.4 Å². The maximum absolute atomic E-state index is 11.7. The molecule has 118 valence electrons. The van der Waals surface area contributed by atoms with Crippen LogP contribution in [0.25, 0.3) is 22.2 Å². The number of rotatable bonds is 5. The minimum absolute atomic E-state index is 0.0637. The van der Waals surface area contributed by atoms with E-state index in [1.165, 1.54) is 0 Å². The van der Waals surface area contributed by atoms with E-state index in [0.717, 1.165) is 22.2 Å². The molecule has 1 aromatic heterocycles. The Morgan fingerprint density at radius 2 is 1.79 bits per heavy atom. The Bertz CT molecular complexity index is 900. The van der Waals surface area contributed by atoms with Gasteiger partial charge in [-0.05, 0) is 6.07 Å². The van der Waals surface area contributed by atoms with Gasteiger partial charge < -0.3 is 10.6 Å². The van der Waals surface area contributed by atoms with Gasteiger partial charge in [-0.1, -0.05) is 54.5 Å². The topological polar surface area (TPSA) is 66.9 Å². The number of para-hydroxylation sites is 1. The molecule has 5 heteroatoms. The predicted molar refractivity (Wildman–Crippen MR) is 95.3 cm³/mol. The second kappa shape index (κ2) is 7.25. The lowest BCUT2D eigenvalue weighted by Gasteiger charge is -2.10. The van der Waals surface area contributed by atoms with Crippen LogP contribution in [0.4, 0.5) is 5.95 Å². The monoisotopic (exact) mass is 316 g/mol. The maximum Gasteiger partial charge on any atom is 0.240 e. The van der Waals surface area contributed by atoms with Gasteiger partial charge in [0, 0.05) is 10.9 Å². The molecule has 2 N–H and O–H groups in total. The van der Waals surface area contributed by atoms with Gasteiger partial charge >= 0.3 is 0 Å². The molecule has 0 saturated carbocycles. The number of carbonyl (C=O) groups is 1. The van der Waals surface area contributed by atoms with Crippen molar-refractivity contribution < 1.29 is 4.79 Å². The van der Waals surface area contributed by atoms with Crippen LogP contribution in [0.1, 0.15) is 0 Å². The summed E-state index contributed by atoms with van der Waals surface area (Å²) >= 11 is 0. The van der Waals surface area contributed by atoms with Gasteiger partial charge in [0.05, 0.1) is 24.3 Å². The van der Waals surface area contributed by atoms with Crippen molar-refractivity contribution in [1.82, 2.24) is 15.3 Å². The van der Waals surface area contributed by atoms with E-state index in [9.17, 15) is 4.79 Å². The SMILES string of the molecule is C#CCNC(=O)CNc1nc(-c2ccccc2)c2ccccc2n1. The molecule has 0 aliphatic heterocycles. The summed E-state index contributed by atoms with van der Waals surface area (Å²) in [5.74, 6) is 2.56. The van der Waals surface area contributed by atoms with Gasteiger partial charge in [0.15, 0.2) is 0 Å². The van der Waals surface area contributed by atoms with Crippen molar-refractivity contribution in [3.8, 4) is 23.6 Å². The molecule has 0 radical (unpaired) electrons. The van der Waals surface area contributed by atoms with E-state index in [1.54, 1.807) is 0 Å². The lowest BCUT2D eigenvalue weighted by atomic mass is 10.1. The van der Waals surface area contributed by atoms with Gasteiger partial charge in [0.25, 0.3) is 0 Å². The summed E-state index contributed by atoms with van der Waals surface area (Å²) in [6.07, 6.45) is 5.12. The number of anilines is 1. The lowest BCUT2D eigenvalue weighted by molar-refractivity contribution is -0.119. The van der Waals surface area contributed by atoms with Gasteiger partial charge in [0.2, 0.25) is 11.9 Å². The third-order valence-corrected chi connectivity index (χ3v) is 3.45. The molecule has 3 rings (SSSR count). The minimum atomic E-state index is -0.203. The van der Waals surface area contributed by atoms with E-state index in [0.29, 0.717) is 5.95 Å². The molecule has 0 fully saturated rings. The molecular formula is C19H16N4O. The highest BCUT2D eigenvalue weighted by Gasteiger charge is 2.10. The first kappa shape index (κ1) is 15.5. The Balaban J connectivity index is 1.93. The fourth-order valence-electron chi connectivity index (χ4n) is 2.34. The molecule has 2 aromatic carbocycles. The predicted octanol–water partition coefficient (Wildman–Crippen LogP) is 2.46. The first-order valence-electron chi connectivity index (χ1n) is 7.54. The minimum Gasteiger partial charge on any atom is -0.345 e. The number of benzene rings is 2. The van der Waals surface area contributed by atoms with Crippen LogP contribution in [0.15, 0.2) is 54.6 Å². The third kappa shape index (κ3) is 3.50. The highest BCUT2D eigenvalue weighted by molar-refractivity contribution is 5.93. The fourth-order valence-corrected chi connectivity index (χ4v) is 2.34. The molecule has 0 unspecified atom stereocenters. The number of fused-ring (bicyclic) bond motifs is 1. The summed E-state index contributed by atoms with van der Waals surface area (Å²) in [5, 5.41) is 6.51. The number of hydrogen-bond acceptors (Lipinski definition) is 4. The summed E-state index contributed by atoms with van der Waals surface area (Å²) in [5.41, 5.74) is 2.64. The lowest BCUT2D eigenvalue weighted by Crippen LogP contribution is -2.30. The van der Waals surface area contributed by atoms with Crippen molar-refractivity contribution in [3.63, 3.8) is 0 Å². The highest BCUT2D eigenvalue weighted by Crippen LogP contribution is 2.26. The second-order valence-corrected chi connectivity index (χ2v) is 5.11. The van der Waals surface area contributed by atoms with Crippen LogP contribution in [0, 0.1) is 12.3 Å². The van der Waals surface area contributed by atoms with Crippen molar-refractivity contribution in [3.05, 3.63) is 54.6 Å². The number of nitrogens with one attached hydrogen (secondary N) is 2. The molecule has 1 amide bonds. The van der Waals surface area contributed by atoms with Gasteiger partial charge in [-0.2, -0.15) is 0 Å². The van der Waals surface area contributed by atoms with Crippen LogP contribution in [0.5, 0.6) is 0 Å². The summed E-state index contributed by atoms with van der Waals surface area (Å²) in [6.45, 7) is 0.266. The summed E-state index contributed by atoms with van der Waals surface area (Å²) < 4.78 is 0. The largest absolute Gasteiger partial charge is 0.345 e. The number of carbonyl (C=O) groups excluding carboxylic acids is 1. The van der Waals surface area contributed by atoms with Crippen molar-refractivity contribution in [1.29, 1.82) is 0 Å². The molecular weight excluding hydrogens is 300 g/mol. The normalized spacial score (nSPS) is 10.1. The van der Waals surface area contributed by atoms with E-state index in [4.69, 9.17) is 6.42 Å².